The van der Waals surface area contributed by atoms with Crippen molar-refractivity contribution in [1.82, 2.24) is 4.98 Å². The lowest BCUT2D eigenvalue weighted by atomic mass is 10.2. The SMILES string of the molecule is CCC(C)Nc1nc(Cl)ccc1N. The van der Waals surface area contributed by atoms with E-state index in [0.717, 1.165) is 6.42 Å². The zero-order valence-corrected chi connectivity index (χ0v) is 8.60. The quantitative estimate of drug-likeness (QED) is 0.736. The molecule has 0 bridgehead atoms. The summed E-state index contributed by atoms with van der Waals surface area (Å²) in [5.74, 6) is 0.668. The molecule has 4 heteroatoms. The monoisotopic (exact) mass is 199 g/mol. The summed E-state index contributed by atoms with van der Waals surface area (Å²) in [6.45, 7) is 4.17. The average molecular weight is 200 g/mol. The molecule has 0 aliphatic heterocycles. The lowest BCUT2D eigenvalue weighted by Crippen LogP contribution is -2.15. The summed E-state index contributed by atoms with van der Waals surface area (Å²) in [5.41, 5.74) is 6.34. The number of nitrogens with zero attached hydrogens (tertiary/aromatic N) is 1. The Bertz CT molecular complexity index is 288. The minimum absolute atomic E-state index is 0.355. The van der Waals surface area contributed by atoms with Gasteiger partial charge in [0.2, 0.25) is 0 Å². The van der Waals surface area contributed by atoms with Crippen LogP contribution in [-0.4, -0.2) is 11.0 Å². The Morgan fingerprint density at radius 2 is 2.31 bits per heavy atom. The van der Waals surface area contributed by atoms with Crippen molar-refractivity contribution in [3.05, 3.63) is 17.3 Å². The standard InChI is InChI=1S/C9H14ClN3/c1-3-6(2)12-9-7(11)4-5-8(10)13-9/h4-6H,3,11H2,1-2H3,(H,12,13). The summed E-state index contributed by atoms with van der Waals surface area (Å²) in [5, 5.41) is 3.64. The molecule has 13 heavy (non-hydrogen) atoms. The molecule has 72 valence electrons. The predicted octanol–water partition coefficient (Wildman–Crippen LogP) is 2.53. The van der Waals surface area contributed by atoms with Gasteiger partial charge in [-0.1, -0.05) is 18.5 Å². The number of pyridine rings is 1. The van der Waals surface area contributed by atoms with Crippen molar-refractivity contribution < 1.29 is 0 Å². The molecule has 0 aromatic carbocycles. The van der Waals surface area contributed by atoms with Gasteiger partial charge in [0.15, 0.2) is 5.82 Å². The highest BCUT2D eigenvalue weighted by Crippen LogP contribution is 2.19. The number of halogens is 1. The third-order valence-electron chi connectivity index (χ3n) is 1.89. The van der Waals surface area contributed by atoms with Crippen LogP contribution in [0.5, 0.6) is 0 Å². The van der Waals surface area contributed by atoms with E-state index >= 15 is 0 Å². The third-order valence-corrected chi connectivity index (χ3v) is 2.10. The van der Waals surface area contributed by atoms with Gasteiger partial charge in [0.25, 0.3) is 0 Å². The number of rotatable bonds is 3. The molecule has 0 fully saturated rings. The van der Waals surface area contributed by atoms with Crippen molar-refractivity contribution in [2.45, 2.75) is 26.3 Å². The first-order chi connectivity index (χ1) is 6.13. The molecule has 1 atom stereocenters. The molecule has 3 N–H and O–H groups in total. The fraction of sp³-hybridized carbons (Fsp3) is 0.444. The van der Waals surface area contributed by atoms with Crippen molar-refractivity contribution in [2.75, 3.05) is 11.1 Å². The van der Waals surface area contributed by atoms with Crippen LogP contribution >= 0.6 is 11.6 Å². The number of aromatic nitrogens is 1. The molecule has 0 aliphatic carbocycles. The molecule has 3 nitrogen and oxygen atoms in total. The summed E-state index contributed by atoms with van der Waals surface area (Å²) in [6.07, 6.45) is 1.02. The molecule has 1 aromatic heterocycles. The Labute approximate surface area is 83.3 Å². The maximum absolute atomic E-state index is 5.74. The number of nitrogens with two attached hydrogens (primary N) is 1. The van der Waals surface area contributed by atoms with Gasteiger partial charge in [0, 0.05) is 6.04 Å². The van der Waals surface area contributed by atoms with Gasteiger partial charge < -0.3 is 11.1 Å². The second-order valence-electron chi connectivity index (χ2n) is 3.03. The summed E-state index contributed by atoms with van der Waals surface area (Å²) < 4.78 is 0. The van der Waals surface area contributed by atoms with Crippen LogP contribution in [-0.2, 0) is 0 Å². The van der Waals surface area contributed by atoms with E-state index in [9.17, 15) is 0 Å². The van der Waals surface area contributed by atoms with Gasteiger partial charge in [-0.3, -0.25) is 0 Å². The lowest BCUT2D eigenvalue weighted by Gasteiger charge is -2.13. The number of nitrogen functional groups attached to an aromatic ring is 1. The first kappa shape index (κ1) is 10.1. The molecule has 0 aliphatic rings. The molecule has 1 unspecified atom stereocenters. The van der Waals surface area contributed by atoms with Crippen LogP contribution in [0, 0.1) is 0 Å². The summed E-state index contributed by atoms with van der Waals surface area (Å²) in [7, 11) is 0. The summed E-state index contributed by atoms with van der Waals surface area (Å²) in [4.78, 5) is 4.09. The maximum Gasteiger partial charge on any atom is 0.151 e. The van der Waals surface area contributed by atoms with E-state index in [2.05, 4.69) is 24.1 Å². The van der Waals surface area contributed by atoms with Crippen molar-refractivity contribution in [1.29, 1.82) is 0 Å². The van der Waals surface area contributed by atoms with Gasteiger partial charge in [-0.25, -0.2) is 4.98 Å². The zero-order chi connectivity index (χ0) is 9.84. The molecule has 0 saturated carbocycles. The highest BCUT2D eigenvalue weighted by Gasteiger charge is 2.04. The molecular formula is C9H14ClN3. The third kappa shape index (κ3) is 2.77. The Kier molecular flexibility index (Phi) is 3.37. The second kappa shape index (κ2) is 4.33. The minimum Gasteiger partial charge on any atom is -0.396 e. The molecule has 0 radical (unpaired) electrons. The molecule has 1 aromatic rings. The van der Waals surface area contributed by atoms with Crippen molar-refractivity contribution in [3.8, 4) is 0 Å². The topological polar surface area (TPSA) is 50.9 Å². The minimum atomic E-state index is 0.355. The van der Waals surface area contributed by atoms with E-state index in [0.29, 0.717) is 22.7 Å². The second-order valence-corrected chi connectivity index (χ2v) is 3.41. The Hall–Kier alpha value is -0.960. The van der Waals surface area contributed by atoms with Crippen LogP contribution in [0.1, 0.15) is 20.3 Å². The van der Waals surface area contributed by atoms with Gasteiger partial charge in [-0.15, -0.1) is 0 Å². The molecule has 0 saturated heterocycles. The fourth-order valence-corrected chi connectivity index (χ4v) is 1.04. The van der Waals surface area contributed by atoms with Gasteiger partial charge in [-0.05, 0) is 25.5 Å². The lowest BCUT2D eigenvalue weighted by molar-refractivity contribution is 0.760. The van der Waals surface area contributed by atoms with E-state index in [1.165, 1.54) is 0 Å². The van der Waals surface area contributed by atoms with Gasteiger partial charge >= 0.3 is 0 Å². The van der Waals surface area contributed by atoms with Gasteiger partial charge in [-0.2, -0.15) is 0 Å². The van der Waals surface area contributed by atoms with E-state index in [1.807, 2.05) is 0 Å². The molecule has 1 heterocycles. The van der Waals surface area contributed by atoms with E-state index < -0.39 is 0 Å². The normalized spacial score (nSPS) is 12.5. The van der Waals surface area contributed by atoms with Gasteiger partial charge in [0.05, 0.1) is 5.69 Å². The average Bonchev–Trinajstić information content (AvgIpc) is 2.11. The van der Waals surface area contributed by atoms with Crippen molar-refractivity contribution in [3.63, 3.8) is 0 Å². The van der Waals surface area contributed by atoms with Crippen LogP contribution in [0.4, 0.5) is 11.5 Å². The smallest absolute Gasteiger partial charge is 0.151 e. The summed E-state index contributed by atoms with van der Waals surface area (Å²) >= 11 is 5.74. The van der Waals surface area contributed by atoms with Crippen LogP contribution in [0.25, 0.3) is 0 Å². The summed E-state index contributed by atoms with van der Waals surface area (Å²) in [6, 6.07) is 3.78. The number of nitrogens with one attached hydrogen (secondary N) is 1. The number of anilines is 2. The van der Waals surface area contributed by atoms with E-state index in [4.69, 9.17) is 17.3 Å². The zero-order valence-electron chi connectivity index (χ0n) is 7.84. The van der Waals surface area contributed by atoms with Crippen LogP contribution in [0.2, 0.25) is 5.15 Å². The largest absolute Gasteiger partial charge is 0.396 e. The highest BCUT2D eigenvalue weighted by molar-refractivity contribution is 6.29. The molecule has 0 spiro atoms. The Balaban J connectivity index is 2.81. The van der Waals surface area contributed by atoms with E-state index in [1.54, 1.807) is 12.1 Å². The van der Waals surface area contributed by atoms with Crippen LogP contribution in [0.15, 0.2) is 12.1 Å². The Morgan fingerprint density at radius 3 is 2.92 bits per heavy atom. The van der Waals surface area contributed by atoms with E-state index in [-0.39, 0.29) is 0 Å². The van der Waals surface area contributed by atoms with Crippen molar-refractivity contribution >= 4 is 23.1 Å². The first-order valence-corrected chi connectivity index (χ1v) is 4.69. The highest BCUT2D eigenvalue weighted by atomic mass is 35.5. The predicted molar refractivity (Wildman–Crippen MR) is 57.0 cm³/mol. The van der Waals surface area contributed by atoms with Crippen LogP contribution in [0.3, 0.4) is 0 Å². The maximum atomic E-state index is 5.74. The van der Waals surface area contributed by atoms with Gasteiger partial charge in [0.1, 0.15) is 5.15 Å². The first-order valence-electron chi connectivity index (χ1n) is 4.32. The molecule has 0 amide bonds. The number of hydrogen-bond acceptors (Lipinski definition) is 3. The van der Waals surface area contributed by atoms with Crippen LogP contribution < -0.4 is 11.1 Å². The fourth-order valence-electron chi connectivity index (χ4n) is 0.897. The Morgan fingerprint density at radius 1 is 1.62 bits per heavy atom. The number of hydrogen-bond donors (Lipinski definition) is 2. The van der Waals surface area contributed by atoms with Crippen molar-refractivity contribution in [2.24, 2.45) is 0 Å². The molecule has 1 rings (SSSR count). The molecular weight excluding hydrogens is 186 g/mol.